The molecule has 0 radical (unpaired) electrons. The molecule has 174 valence electrons. The number of benzene rings is 1. The SMILES string of the molecule is CC(C)(CSc1cnc(NC(=O)N(CC2CCCC2)c2cc(F)c(Br)cc2F)s1)C(=O)O. The van der Waals surface area contributed by atoms with Gasteiger partial charge in [-0.2, -0.15) is 0 Å². The van der Waals surface area contributed by atoms with Crippen molar-refractivity contribution in [1.82, 2.24) is 4.98 Å². The molecule has 2 aromatic rings. The summed E-state index contributed by atoms with van der Waals surface area (Å²) in [7, 11) is 0. The van der Waals surface area contributed by atoms with Crippen LogP contribution >= 0.6 is 39.0 Å². The molecule has 0 saturated heterocycles. The molecule has 0 aliphatic heterocycles. The molecule has 6 nitrogen and oxygen atoms in total. The number of thioether (sulfide) groups is 1. The normalized spacial score (nSPS) is 14.5. The summed E-state index contributed by atoms with van der Waals surface area (Å²) in [5.41, 5.74) is -1.02. The number of aromatic nitrogens is 1. The third-order valence-electron chi connectivity index (χ3n) is 5.29. The van der Waals surface area contributed by atoms with E-state index in [0.29, 0.717) is 10.9 Å². The van der Waals surface area contributed by atoms with Crippen LogP contribution in [-0.2, 0) is 4.79 Å². The molecule has 1 aliphatic carbocycles. The van der Waals surface area contributed by atoms with Crippen LogP contribution in [0.15, 0.2) is 27.0 Å². The van der Waals surface area contributed by atoms with Crippen molar-refractivity contribution in [2.75, 3.05) is 22.5 Å². The van der Waals surface area contributed by atoms with Gasteiger partial charge in [-0.3, -0.25) is 15.0 Å². The number of halogens is 3. The average molecular weight is 548 g/mol. The van der Waals surface area contributed by atoms with Gasteiger partial charge in [0.05, 0.1) is 26.0 Å². The summed E-state index contributed by atoms with van der Waals surface area (Å²) in [6, 6.07) is 1.45. The first kappa shape index (κ1) is 24.9. The van der Waals surface area contributed by atoms with Crippen molar-refractivity contribution in [2.24, 2.45) is 11.3 Å². The van der Waals surface area contributed by atoms with Gasteiger partial charge in [0.25, 0.3) is 0 Å². The number of carbonyl (C=O) groups is 2. The fourth-order valence-corrected chi connectivity index (χ4v) is 5.58. The van der Waals surface area contributed by atoms with Gasteiger partial charge in [0.2, 0.25) is 0 Å². The lowest BCUT2D eigenvalue weighted by atomic mass is 9.97. The largest absolute Gasteiger partial charge is 0.481 e. The first-order valence-electron chi connectivity index (χ1n) is 10.1. The van der Waals surface area contributed by atoms with Crippen LogP contribution in [0.2, 0.25) is 0 Å². The minimum absolute atomic E-state index is 0.00847. The lowest BCUT2D eigenvalue weighted by molar-refractivity contribution is -0.145. The summed E-state index contributed by atoms with van der Waals surface area (Å²) >= 11 is 5.51. The number of carbonyl (C=O) groups excluding carboxylic acids is 1. The molecule has 0 bridgehead atoms. The summed E-state index contributed by atoms with van der Waals surface area (Å²) in [5.74, 6) is -1.69. The van der Waals surface area contributed by atoms with Crippen molar-refractivity contribution >= 4 is 61.8 Å². The van der Waals surface area contributed by atoms with Crippen LogP contribution in [-0.4, -0.2) is 34.4 Å². The van der Waals surface area contributed by atoms with Crippen LogP contribution in [0.1, 0.15) is 39.5 Å². The van der Waals surface area contributed by atoms with Gasteiger partial charge in [0, 0.05) is 18.4 Å². The van der Waals surface area contributed by atoms with Gasteiger partial charge >= 0.3 is 12.0 Å². The molecule has 2 N–H and O–H groups in total. The summed E-state index contributed by atoms with van der Waals surface area (Å²) in [5, 5.41) is 12.2. The number of thiazole rings is 1. The quantitative estimate of drug-likeness (QED) is 0.286. The van der Waals surface area contributed by atoms with Crippen LogP contribution in [0.25, 0.3) is 0 Å². The number of anilines is 2. The number of carboxylic acids is 1. The van der Waals surface area contributed by atoms with Crippen molar-refractivity contribution in [3.63, 3.8) is 0 Å². The summed E-state index contributed by atoms with van der Waals surface area (Å²) in [6.07, 6.45) is 5.53. The molecule has 1 aromatic heterocycles. The summed E-state index contributed by atoms with van der Waals surface area (Å²) in [6.45, 7) is 3.56. The third-order valence-corrected chi connectivity index (χ3v) is 8.47. The van der Waals surface area contributed by atoms with Crippen LogP contribution in [0.5, 0.6) is 0 Å². The maximum absolute atomic E-state index is 14.7. The second-order valence-electron chi connectivity index (χ2n) is 8.37. The standard InChI is InChI=1S/C21H24BrF2N3O3S2/c1-21(2,18(28)29)11-31-17-9-25-19(32-17)26-20(30)27(10-12-5-3-4-6-12)16-8-14(23)13(22)7-15(16)24/h7-9,12H,3-6,10-11H2,1-2H3,(H,28,29)(H,25,26,30). The highest BCUT2D eigenvalue weighted by atomic mass is 79.9. The predicted molar refractivity (Wildman–Crippen MR) is 127 cm³/mol. The third kappa shape index (κ3) is 6.20. The molecule has 32 heavy (non-hydrogen) atoms. The summed E-state index contributed by atoms with van der Waals surface area (Å²) < 4.78 is 29.5. The van der Waals surface area contributed by atoms with E-state index in [1.54, 1.807) is 20.0 Å². The Morgan fingerprint density at radius 3 is 2.66 bits per heavy atom. The van der Waals surface area contributed by atoms with E-state index in [4.69, 9.17) is 0 Å². The van der Waals surface area contributed by atoms with E-state index in [0.717, 1.165) is 42.0 Å². The molecule has 1 aliphatic rings. The van der Waals surface area contributed by atoms with Gasteiger partial charge < -0.3 is 5.11 Å². The van der Waals surface area contributed by atoms with Crippen LogP contribution in [0.3, 0.4) is 0 Å². The minimum atomic E-state index is -0.903. The van der Waals surface area contributed by atoms with Gasteiger partial charge in [0.15, 0.2) is 5.13 Å². The first-order valence-corrected chi connectivity index (χ1v) is 12.7. The number of hydrogen-bond donors (Lipinski definition) is 2. The molecule has 11 heteroatoms. The van der Waals surface area contributed by atoms with Gasteiger partial charge in [-0.15, -0.1) is 11.8 Å². The molecule has 1 heterocycles. The molecule has 1 fully saturated rings. The van der Waals surface area contributed by atoms with Gasteiger partial charge in [0.1, 0.15) is 11.6 Å². The zero-order valence-corrected chi connectivity index (χ0v) is 20.9. The molecular weight excluding hydrogens is 524 g/mol. The monoisotopic (exact) mass is 547 g/mol. The molecule has 0 atom stereocenters. The second-order valence-corrected chi connectivity index (χ2v) is 11.5. The van der Waals surface area contributed by atoms with Crippen molar-refractivity contribution in [1.29, 1.82) is 0 Å². The molecule has 3 rings (SSSR count). The molecular formula is C21H24BrF2N3O3S2. The van der Waals surface area contributed by atoms with E-state index in [-0.39, 0.29) is 22.6 Å². The Labute approximate surface area is 201 Å². The number of amides is 2. The smallest absolute Gasteiger partial charge is 0.328 e. The van der Waals surface area contributed by atoms with Crippen molar-refractivity contribution in [2.45, 2.75) is 43.7 Å². The predicted octanol–water partition coefficient (Wildman–Crippen LogP) is 6.62. The Bertz CT molecular complexity index is 997. The molecule has 1 saturated carbocycles. The molecule has 0 unspecified atom stereocenters. The van der Waals surface area contributed by atoms with E-state index in [1.807, 2.05) is 0 Å². The number of hydrogen-bond acceptors (Lipinski definition) is 5. The Kier molecular flexibility index (Phi) is 8.16. The topological polar surface area (TPSA) is 82.5 Å². The van der Waals surface area contributed by atoms with Crippen LogP contribution in [0.4, 0.5) is 24.4 Å². The second kappa shape index (κ2) is 10.5. The molecule has 1 aromatic carbocycles. The highest BCUT2D eigenvalue weighted by Gasteiger charge is 2.29. The van der Waals surface area contributed by atoms with E-state index in [9.17, 15) is 23.5 Å². The zero-order valence-electron chi connectivity index (χ0n) is 17.7. The van der Waals surface area contributed by atoms with Gasteiger partial charge in [-0.05, 0) is 54.6 Å². The lowest BCUT2D eigenvalue weighted by Crippen LogP contribution is -2.39. The average Bonchev–Trinajstić information content (AvgIpc) is 3.39. The highest BCUT2D eigenvalue weighted by Crippen LogP contribution is 2.34. The number of nitrogens with zero attached hydrogens (tertiary/aromatic N) is 2. The number of urea groups is 1. The van der Waals surface area contributed by atoms with E-state index >= 15 is 0 Å². The maximum Gasteiger partial charge on any atom is 0.328 e. The Hall–Kier alpha value is -1.72. The zero-order chi connectivity index (χ0) is 23.5. The van der Waals surface area contributed by atoms with E-state index in [2.05, 4.69) is 26.2 Å². The fourth-order valence-electron chi connectivity index (χ4n) is 3.32. The maximum atomic E-state index is 14.7. The lowest BCUT2D eigenvalue weighted by Gasteiger charge is -2.26. The number of rotatable bonds is 8. The number of nitrogens with one attached hydrogen (secondary N) is 1. The van der Waals surface area contributed by atoms with E-state index in [1.165, 1.54) is 28.0 Å². The Balaban J connectivity index is 1.75. The number of aliphatic carboxylic acids is 1. The highest BCUT2D eigenvalue weighted by molar-refractivity contribution is 9.10. The Morgan fingerprint density at radius 1 is 1.31 bits per heavy atom. The Morgan fingerprint density at radius 2 is 2.00 bits per heavy atom. The van der Waals surface area contributed by atoms with Crippen molar-refractivity contribution in [3.8, 4) is 0 Å². The van der Waals surface area contributed by atoms with Crippen LogP contribution in [0, 0.1) is 23.0 Å². The summed E-state index contributed by atoms with van der Waals surface area (Å²) in [4.78, 5) is 29.7. The van der Waals surface area contributed by atoms with Gasteiger partial charge in [-0.25, -0.2) is 18.6 Å². The number of carboxylic acid groups (broad SMARTS) is 1. The van der Waals surface area contributed by atoms with Gasteiger partial charge in [-0.1, -0.05) is 24.2 Å². The molecule has 0 spiro atoms. The van der Waals surface area contributed by atoms with Crippen LogP contribution < -0.4 is 10.2 Å². The first-order chi connectivity index (χ1) is 15.1. The fraction of sp³-hybridized carbons (Fsp3) is 0.476. The minimum Gasteiger partial charge on any atom is -0.481 e. The van der Waals surface area contributed by atoms with E-state index < -0.39 is 29.0 Å². The van der Waals surface area contributed by atoms with Crippen molar-refractivity contribution < 1.29 is 23.5 Å². The van der Waals surface area contributed by atoms with Crippen molar-refractivity contribution in [3.05, 3.63) is 34.4 Å². The molecule has 2 amide bonds.